The van der Waals surface area contributed by atoms with Crippen molar-refractivity contribution in [1.82, 2.24) is 15.1 Å². The van der Waals surface area contributed by atoms with E-state index in [0.29, 0.717) is 18.4 Å². The lowest BCUT2D eigenvalue weighted by Gasteiger charge is -2.39. The lowest BCUT2D eigenvalue weighted by atomic mass is 9.98. The number of hydrogen-bond donors (Lipinski definition) is 0. The van der Waals surface area contributed by atoms with Gasteiger partial charge in [-0.1, -0.05) is 47.0 Å². The van der Waals surface area contributed by atoms with Gasteiger partial charge in [-0.2, -0.15) is 0 Å². The van der Waals surface area contributed by atoms with Crippen LogP contribution in [-0.2, 0) is 5.75 Å². The predicted octanol–water partition coefficient (Wildman–Crippen LogP) is 6.05. The van der Waals surface area contributed by atoms with E-state index in [0.717, 1.165) is 38.9 Å². The molecule has 0 N–H and O–H groups in total. The molecule has 5 nitrogen and oxygen atoms in total. The number of rotatable bonds is 7. The Morgan fingerprint density at radius 2 is 1.79 bits per heavy atom. The highest BCUT2D eigenvalue weighted by Gasteiger charge is 2.44. The second-order valence-corrected chi connectivity index (χ2v) is 11.7. The van der Waals surface area contributed by atoms with Crippen molar-refractivity contribution in [1.29, 1.82) is 0 Å². The van der Waals surface area contributed by atoms with Crippen LogP contribution >= 0.6 is 34.9 Å². The Bertz CT molecular complexity index is 1160. The minimum absolute atomic E-state index is 0.0341. The van der Waals surface area contributed by atoms with Gasteiger partial charge in [0.2, 0.25) is 0 Å². The number of fused-ring (bicyclic) bond motifs is 2. The van der Waals surface area contributed by atoms with Crippen LogP contribution in [0.15, 0.2) is 51.1 Å². The number of thioether (sulfide) groups is 2. The van der Waals surface area contributed by atoms with Crippen LogP contribution in [0.5, 0.6) is 5.75 Å². The third-order valence-corrected chi connectivity index (χ3v) is 9.34. The summed E-state index contributed by atoms with van der Waals surface area (Å²) in [4.78, 5) is 15.3. The first-order valence-corrected chi connectivity index (χ1v) is 14.1. The van der Waals surface area contributed by atoms with E-state index in [1.165, 1.54) is 12.1 Å². The first-order valence-electron chi connectivity index (χ1n) is 11.0. The molecule has 2 fully saturated rings. The van der Waals surface area contributed by atoms with Crippen LogP contribution in [-0.4, -0.2) is 45.4 Å². The summed E-state index contributed by atoms with van der Waals surface area (Å²) in [6, 6.07) is 11.3. The molecule has 0 spiro atoms. The fourth-order valence-corrected chi connectivity index (χ4v) is 7.07. The third-order valence-electron chi connectivity index (χ3n) is 6.24. The van der Waals surface area contributed by atoms with E-state index in [9.17, 15) is 13.6 Å². The number of nitrogens with zero attached hydrogens (tertiary/aromatic N) is 3. The van der Waals surface area contributed by atoms with Crippen molar-refractivity contribution in [2.45, 2.75) is 58.3 Å². The average molecular weight is 520 g/mol. The minimum Gasteiger partial charge on any atom is -0.487 e. The second-order valence-electron chi connectivity index (χ2n) is 8.41. The fraction of sp³-hybridized carbons (Fsp3) is 0.375. The average Bonchev–Trinajstić information content (AvgIpc) is 3.41. The Labute approximate surface area is 209 Å². The molecular weight excluding hydrogens is 496 g/mol. The Kier molecular flexibility index (Phi) is 7.08. The summed E-state index contributed by atoms with van der Waals surface area (Å²) in [5, 5.41) is 8.29. The molecule has 0 saturated carbocycles. The van der Waals surface area contributed by atoms with Crippen molar-refractivity contribution < 1.29 is 18.3 Å². The van der Waals surface area contributed by atoms with Gasteiger partial charge in [0.1, 0.15) is 11.9 Å². The smallest absolute Gasteiger partial charge is 0.254 e. The van der Waals surface area contributed by atoms with Crippen molar-refractivity contribution in [3.8, 4) is 5.75 Å². The van der Waals surface area contributed by atoms with Crippen LogP contribution in [0, 0.1) is 11.6 Å². The van der Waals surface area contributed by atoms with Crippen molar-refractivity contribution >= 4 is 40.8 Å². The van der Waals surface area contributed by atoms with E-state index in [4.69, 9.17) is 4.74 Å². The summed E-state index contributed by atoms with van der Waals surface area (Å²) in [6.45, 7) is 0. The topological polar surface area (TPSA) is 55.3 Å². The first kappa shape index (κ1) is 23.6. The van der Waals surface area contributed by atoms with Gasteiger partial charge in [-0.3, -0.25) is 4.79 Å². The molecule has 0 aliphatic carbocycles. The van der Waals surface area contributed by atoms with Gasteiger partial charge in [0.25, 0.3) is 5.91 Å². The number of carbonyl (C=O) groups is 1. The molecule has 0 radical (unpaired) electrons. The number of benzene rings is 2. The Morgan fingerprint density at radius 1 is 1.09 bits per heavy atom. The molecule has 3 aromatic rings. The third kappa shape index (κ3) is 5.08. The normalized spacial score (nSPS) is 21.6. The summed E-state index contributed by atoms with van der Waals surface area (Å²) < 4.78 is 34.9. The number of carbonyl (C=O) groups excluding carboxylic acids is 1. The SMILES string of the molecule is CSc1nnc(SCc2ccc(C(=O)N3[C@H]4CC[C@H]3CC(Oc3ccc(F)cc3F)C4)cc2)s1. The summed E-state index contributed by atoms with van der Waals surface area (Å²) in [5.41, 5.74) is 1.80. The maximum absolute atomic E-state index is 14.0. The van der Waals surface area contributed by atoms with Crippen LogP contribution in [0.4, 0.5) is 8.78 Å². The molecular formula is C24H23F2N3O2S3. The van der Waals surface area contributed by atoms with E-state index in [1.54, 1.807) is 34.9 Å². The molecule has 2 saturated heterocycles. The maximum Gasteiger partial charge on any atom is 0.254 e. The van der Waals surface area contributed by atoms with Crippen LogP contribution < -0.4 is 4.74 Å². The molecule has 5 rings (SSSR count). The zero-order valence-electron chi connectivity index (χ0n) is 18.4. The highest BCUT2D eigenvalue weighted by atomic mass is 32.2. The zero-order valence-corrected chi connectivity index (χ0v) is 20.9. The molecule has 2 bridgehead atoms. The van der Waals surface area contributed by atoms with Gasteiger partial charge >= 0.3 is 0 Å². The predicted molar refractivity (Wildman–Crippen MR) is 131 cm³/mol. The van der Waals surface area contributed by atoms with E-state index < -0.39 is 11.6 Å². The highest BCUT2D eigenvalue weighted by Crippen LogP contribution is 2.39. The number of aromatic nitrogens is 2. The van der Waals surface area contributed by atoms with E-state index in [1.807, 2.05) is 35.4 Å². The number of ether oxygens (including phenoxy) is 1. The number of amides is 1. The quantitative estimate of drug-likeness (QED) is 0.355. The summed E-state index contributed by atoms with van der Waals surface area (Å²) in [6.07, 6.45) is 4.92. The van der Waals surface area contributed by atoms with Gasteiger partial charge in [0.15, 0.2) is 20.2 Å². The molecule has 178 valence electrons. The minimum atomic E-state index is -0.695. The maximum atomic E-state index is 14.0. The summed E-state index contributed by atoms with van der Waals surface area (Å²) in [7, 11) is 0. The lowest BCUT2D eigenvalue weighted by Crippen LogP contribution is -2.49. The van der Waals surface area contributed by atoms with Gasteiger partial charge in [-0.25, -0.2) is 8.78 Å². The van der Waals surface area contributed by atoms with Crippen LogP contribution in [0.1, 0.15) is 41.6 Å². The Hall–Kier alpha value is -2.17. The van der Waals surface area contributed by atoms with E-state index in [-0.39, 0.29) is 29.8 Å². The van der Waals surface area contributed by atoms with Gasteiger partial charge < -0.3 is 9.64 Å². The highest BCUT2D eigenvalue weighted by molar-refractivity contribution is 8.02. The van der Waals surface area contributed by atoms with Crippen molar-refractivity contribution in [3.63, 3.8) is 0 Å². The number of halogens is 2. The molecule has 3 heterocycles. The first-order chi connectivity index (χ1) is 16.5. The van der Waals surface area contributed by atoms with Crippen molar-refractivity contribution in [2.75, 3.05) is 6.26 Å². The van der Waals surface area contributed by atoms with Crippen molar-refractivity contribution in [2.24, 2.45) is 0 Å². The largest absolute Gasteiger partial charge is 0.487 e. The molecule has 1 amide bonds. The molecule has 2 aromatic carbocycles. The molecule has 1 aromatic heterocycles. The van der Waals surface area contributed by atoms with Crippen LogP contribution in [0.2, 0.25) is 0 Å². The van der Waals surface area contributed by atoms with Crippen LogP contribution in [0.25, 0.3) is 0 Å². The van der Waals surface area contributed by atoms with Crippen molar-refractivity contribution in [3.05, 3.63) is 65.2 Å². The summed E-state index contributed by atoms with van der Waals surface area (Å²) >= 11 is 4.81. The second kappa shape index (κ2) is 10.2. The van der Waals surface area contributed by atoms with Gasteiger partial charge in [-0.15, -0.1) is 10.2 Å². The molecule has 10 heteroatoms. The molecule has 2 aliphatic heterocycles. The summed E-state index contributed by atoms with van der Waals surface area (Å²) in [5.74, 6) is -0.449. The van der Waals surface area contributed by atoms with Crippen LogP contribution in [0.3, 0.4) is 0 Å². The van der Waals surface area contributed by atoms with Gasteiger partial charge in [-0.05, 0) is 48.9 Å². The zero-order chi connectivity index (χ0) is 23.7. The lowest BCUT2D eigenvalue weighted by molar-refractivity contribution is 0.0349. The van der Waals surface area contributed by atoms with E-state index >= 15 is 0 Å². The molecule has 2 atom stereocenters. The van der Waals surface area contributed by atoms with Gasteiger partial charge in [0, 0.05) is 42.3 Å². The monoisotopic (exact) mass is 519 g/mol. The Morgan fingerprint density at radius 3 is 2.44 bits per heavy atom. The Balaban J connectivity index is 1.19. The van der Waals surface area contributed by atoms with Gasteiger partial charge in [0.05, 0.1) is 0 Å². The van der Waals surface area contributed by atoms with E-state index in [2.05, 4.69) is 10.2 Å². The fourth-order valence-electron chi connectivity index (χ4n) is 4.68. The number of hydrogen-bond acceptors (Lipinski definition) is 7. The standard InChI is InChI=1S/C24H23F2N3O2S3/c1-32-23-27-28-24(34-23)33-13-14-2-4-15(5-3-14)22(30)29-17-7-8-18(29)12-19(11-17)31-21-9-6-16(25)10-20(21)26/h2-6,9-10,17-19H,7-8,11-13H2,1H3/t17-,18-/m0/s1. The molecule has 0 unspecified atom stereocenters. The number of piperidine rings is 1. The molecule has 2 aliphatic rings. The molecule has 34 heavy (non-hydrogen) atoms.